The summed E-state index contributed by atoms with van der Waals surface area (Å²) >= 11 is 0. The van der Waals surface area contributed by atoms with Crippen molar-refractivity contribution >= 4 is 23.2 Å². The van der Waals surface area contributed by atoms with Crippen molar-refractivity contribution in [3.63, 3.8) is 0 Å². The normalized spacial score (nSPS) is 10.4. The Morgan fingerprint density at radius 2 is 1.85 bits per heavy atom. The van der Waals surface area contributed by atoms with Crippen molar-refractivity contribution in [3.8, 4) is 5.75 Å². The fraction of sp³-hybridized carbons (Fsp3) is 0.158. The molecule has 1 amide bonds. The number of carbonyl (C=O) groups excluding carboxylic acids is 2. The number of hydrogen-bond donors (Lipinski definition) is 1. The van der Waals surface area contributed by atoms with Crippen LogP contribution in [0, 0.1) is 0 Å². The lowest BCUT2D eigenvalue weighted by molar-refractivity contribution is -0.115. The van der Waals surface area contributed by atoms with Crippen LogP contribution in [-0.4, -0.2) is 35.5 Å². The maximum Gasteiger partial charge on any atom is 0.339 e. The SMILES string of the molecule is COC(=O)c1ccc2ncc(NC(=O)Cc3ccc(OC)cc3)c(=O)n2c1. The van der Waals surface area contributed by atoms with Gasteiger partial charge in [0.2, 0.25) is 5.91 Å². The third-order valence-corrected chi connectivity index (χ3v) is 3.92. The molecule has 0 aliphatic heterocycles. The number of nitrogens with zero attached hydrogens (tertiary/aromatic N) is 2. The van der Waals surface area contributed by atoms with Crippen molar-refractivity contribution < 1.29 is 19.1 Å². The Morgan fingerprint density at radius 3 is 2.52 bits per heavy atom. The number of anilines is 1. The van der Waals surface area contributed by atoms with Gasteiger partial charge in [-0.2, -0.15) is 0 Å². The third kappa shape index (κ3) is 3.95. The number of carbonyl (C=O) groups is 2. The van der Waals surface area contributed by atoms with E-state index < -0.39 is 11.5 Å². The summed E-state index contributed by atoms with van der Waals surface area (Å²) in [6.45, 7) is 0. The molecule has 0 atom stereocenters. The van der Waals surface area contributed by atoms with Gasteiger partial charge in [-0.25, -0.2) is 9.78 Å². The summed E-state index contributed by atoms with van der Waals surface area (Å²) in [7, 11) is 2.82. The summed E-state index contributed by atoms with van der Waals surface area (Å²) in [5.74, 6) is -0.238. The minimum absolute atomic E-state index is 0.0213. The van der Waals surface area contributed by atoms with Crippen molar-refractivity contribution in [2.75, 3.05) is 19.5 Å². The first-order valence-corrected chi connectivity index (χ1v) is 8.04. The second-order valence-corrected chi connectivity index (χ2v) is 5.69. The number of hydrogen-bond acceptors (Lipinski definition) is 6. The summed E-state index contributed by atoms with van der Waals surface area (Å²) in [5, 5.41) is 2.56. The van der Waals surface area contributed by atoms with Crippen LogP contribution in [0.1, 0.15) is 15.9 Å². The van der Waals surface area contributed by atoms with Crippen LogP contribution in [0.5, 0.6) is 5.75 Å². The van der Waals surface area contributed by atoms with Crippen molar-refractivity contribution in [3.05, 3.63) is 70.3 Å². The maximum atomic E-state index is 12.6. The molecule has 27 heavy (non-hydrogen) atoms. The summed E-state index contributed by atoms with van der Waals surface area (Å²) < 4.78 is 10.9. The molecular formula is C19H17N3O5. The lowest BCUT2D eigenvalue weighted by atomic mass is 10.1. The van der Waals surface area contributed by atoms with Crippen LogP contribution in [-0.2, 0) is 16.0 Å². The van der Waals surface area contributed by atoms with E-state index in [-0.39, 0.29) is 23.6 Å². The van der Waals surface area contributed by atoms with Crippen LogP contribution in [0.3, 0.4) is 0 Å². The molecule has 0 aliphatic rings. The summed E-state index contributed by atoms with van der Waals surface area (Å²) in [5.41, 5.74) is 0.855. The van der Waals surface area contributed by atoms with Gasteiger partial charge in [0.25, 0.3) is 5.56 Å². The molecule has 0 aliphatic carbocycles. The maximum absolute atomic E-state index is 12.6. The number of fused-ring (bicyclic) bond motifs is 1. The molecule has 0 fully saturated rings. The topological polar surface area (TPSA) is 99.0 Å². The van der Waals surface area contributed by atoms with E-state index in [1.54, 1.807) is 31.4 Å². The molecule has 3 aromatic rings. The molecule has 0 unspecified atom stereocenters. The minimum atomic E-state index is -0.572. The van der Waals surface area contributed by atoms with Gasteiger partial charge < -0.3 is 14.8 Å². The second-order valence-electron chi connectivity index (χ2n) is 5.69. The largest absolute Gasteiger partial charge is 0.497 e. The van der Waals surface area contributed by atoms with Gasteiger partial charge in [0.05, 0.1) is 32.4 Å². The van der Waals surface area contributed by atoms with E-state index in [1.807, 2.05) is 0 Å². The Labute approximate surface area is 154 Å². The highest BCUT2D eigenvalue weighted by molar-refractivity contribution is 5.92. The average Bonchev–Trinajstić information content (AvgIpc) is 2.70. The second kappa shape index (κ2) is 7.69. The molecule has 2 aromatic heterocycles. The highest BCUT2D eigenvalue weighted by atomic mass is 16.5. The Kier molecular flexibility index (Phi) is 5.16. The number of methoxy groups -OCH3 is 2. The van der Waals surface area contributed by atoms with Crippen LogP contribution in [0.15, 0.2) is 53.6 Å². The fourth-order valence-corrected chi connectivity index (χ4v) is 2.52. The third-order valence-electron chi connectivity index (χ3n) is 3.92. The Bertz CT molecular complexity index is 1060. The quantitative estimate of drug-likeness (QED) is 0.689. The van der Waals surface area contributed by atoms with E-state index >= 15 is 0 Å². The number of amides is 1. The predicted molar refractivity (Wildman–Crippen MR) is 98.1 cm³/mol. The molecule has 3 rings (SSSR count). The van der Waals surface area contributed by atoms with Gasteiger partial charge >= 0.3 is 5.97 Å². The number of rotatable bonds is 5. The number of nitrogens with one attached hydrogen (secondary N) is 1. The summed E-state index contributed by atoms with van der Waals surface area (Å²) in [4.78, 5) is 40.6. The molecule has 0 bridgehead atoms. The zero-order chi connectivity index (χ0) is 19.4. The zero-order valence-corrected chi connectivity index (χ0v) is 14.8. The molecule has 0 saturated carbocycles. The highest BCUT2D eigenvalue weighted by Crippen LogP contribution is 2.12. The van der Waals surface area contributed by atoms with Crippen molar-refractivity contribution in [1.29, 1.82) is 0 Å². The van der Waals surface area contributed by atoms with E-state index in [4.69, 9.17) is 4.74 Å². The molecule has 138 valence electrons. The Hall–Kier alpha value is -3.68. The number of ether oxygens (including phenoxy) is 2. The molecule has 2 heterocycles. The number of benzene rings is 1. The highest BCUT2D eigenvalue weighted by Gasteiger charge is 2.12. The van der Waals surface area contributed by atoms with E-state index in [0.29, 0.717) is 11.4 Å². The van der Waals surface area contributed by atoms with E-state index in [1.165, 1.54) is 36.0 Å². The molecule has 0 spiro atoms. The first-order chi connectivity index (χ1) is 13.0. The monoisotopic (exact) mass is 367 g/mol. The molecule has 1 aromatic carbocycles. The van der Waals surface area contributed by atoms with E-state index in [9.17, 15) is 14.4 Å². The zero-order valence-electron chi connectivity index (χ0n) is 14.8. The smallest absolute Gasteiger partial charge is 0.339 e. The molecule has 0 radical (unpaired) electrons. The van der Waals surface area contributed by atoms with E-state index in [0.717, 1.165) is 5.56 Å². The van der Waals surface area contributed by atoms with Gasteiger partial charge in [0.15, 0.2) is 0 Å². The van der Waals surface area contributed by atoms with Crippen molar-refractivity contribution in [2.45, 2.75) is 6.42 Å². The molecular weight excluding hydrogens is 350 g/mol. The van der Waals surface area contributed by atoms with Crippen LogP contribution in [0.2, 0.25) is 0 Å². The van der Waals surface area contributed by atoms with Crippen LogP contribution < -0.4 is 15.6 Å². The van der Waals surface area contributed by atoms with Crippen LogP contribution in [0.4, 0.5) is 5.69 Å². The van der Waals surface area contributed by atoms with E-state index in [2.05, 4.69) is 15.0 Å². The molecule has 0 saturated heterocycles. The van der Waals surface area contributed by atoms with Gasteiger partial charge in [0.1, 0.15) is 17.1 Å². The molecule has 8 heteroatoms. The van der Waals surface area contributed by atoms with Crippen molar-refractivity contribution in [2.24, 2.45) is 0 Å². The lowest BCUT2D eigenvalue weighted by Gasteiger charge is -2.08. The van der Waals surface area contributed by atoms with Gasteiger partial charge in [-0.3, -0.25) is 14.0 Å². The minimum Gasteiger partial charge on any atom is -0.497 e. The Morgan fingerprint density at radius 1 is 1.11 bits per heavy atom. The summed E-state index contributed by atoms with van der Waals surface area (Å²) in [6, 6.07) is 10.1. The number of aromatic nitrogens is 2. The summed E-state index contributed by atoms with van der Waals surface area (Å²) in [6.07, 6.45) is 2.71. The lowest BCUT2D eigenvalue weighted by Crippen LogP contribution is -2.24. The molecule has 8 nitrogen and oxygen atoms in total. The number of esters is 1. The van der Waals surface area contributed by atoms with Gasteiger partial charge in [-0.15, -0.1) is 0 Å². The Balaban J connectivity index is 1.83. The predicted octanol–water partition coefficient (Wildman–Crippen LogP) is 1.67. The van der Waals surface area contributed by atoms with Gasteiger partial charge in [-0.05, 0) is 29.8 Å². The molecule has 1 N–H and O–H groups in total. The fourth-order valence-electron chi connectivity index (χ4n) is 2.52. The first-order valence-electron chi connectivity index (χ1n) is 8.04. The average molecular weight is 367 g/mol. The van der Waals surface area contributed by atoms with Crippen LogP contribution in [0.25, 0.3) is 5.65 Å². The number of pyridine rings is 1. The first kappa shape index (κ1) is 18.1. The standard InChI is InChI=1S/C19H17N3O5/c1-26-14-6-3-12(4-7-14)9-17(23)21-15-10-20-16-8-5-13(19(25)27-2)11-22(16)18(15)24/h3-8,10-11H,9H2,1-2H3,(H,21,23). The van der Waals surface area contributed by atoms with Gasteiger partial charge in [-0.1, -0.05) is 12.1 Å². The van der Waals surface area contributed by atoms with Crippen molar-refractivity contribution in [1.82, 2.24) is 9.38 Å². The van der Waals surface area contributed by atoms with Gasteiger partial charge in [0, 0.05) is 6.20 Å². The van der Waals surface area contributed by atoms with Crippen LogP contribution >= 0.6 is 0 Å².